The van der Waals surface area contributed by atoms with Crippen LogP contribution in [0.3, 0.4) is 0 Å². The minimum Gasteiger partial charge on any atom is -0.374 e. The average molecular weight is 575 g/mol. The maximum absolute atomic E-state index is 13.7. The van der Waals surface area contributed by atoms with Gasteiger partial charge in [-0.2, -0.15) is 24.9 Å². The van der Waals surface area contributed by atoms with Gasteiger partial charge in [-0.1, -0.05) is 19.3 Å². The fraction of sp³-hybridized carbons (Fsp3) is 0.800. The predicted molar refractivity (Wildman–Crippen MR) is 129 cm³/mol. The molecule has 3 rings (SSSR count). The van der Waals surface area contributed by atoms with E-state index in [9.17, 15) is 18.3 Å². The lowest BCUT2D eigenvalue weighted by Gasteiger charge is -2.45. The molecule has 1 spiro atoms. The van der Waals surface area contributed by atoms with E-state index in [1.165, 1.54) is 56.1 Å². The molecule has 11 heteroatoms. The lowest BCUT2D eigenvalue weighted by Crippen LogP contribution is -2.53. The largest absolute Gasteiger partial charge is 0.424 e. The molecule has 0 amide bonds. The molecule has 0 aromatic carbocycles. The highest BCUT2D eigenvalue weighted by Gasteiger charge is 2.57. The van der Waals surface area contributed by atoms with Crippen LogP contribution < -0.4 is 5.32 Å². The number of imidazole rings is 1. The fourth-order valence-electron chi connectivity index (χ4n) is 4.42. The van der Waals surface area contributed by atoms with E-state index in [1.807, 2.05) is 18.7 Å². The highest BCUT2D eigenvalue weighted by molar-refractivity contribution is 14.0. The van der Waals surface area contributed by atoms with Gasteiger partial charge in [-0.3, -0.25) is 4.99 Å². The Bertz CT molecular complexity index is 733. The summed E-state index contributed by atoms with van der Waals surface area (Å²) in [6, 6.07) is 0. The first-order chi connectivity index (χ1) is 14.2. The number of guanidine groups is 1. The Hall–Kier alpha value is -0.690. The van der Waals surface area contributed by atoms with Gasteiger partial charge in [0.05, 0.1) is 0 Å². The summed E-state index contributed by atoms with van der Waals surface area (Å²) in [5, 5.41) is 13.8. The van der Waals surface area contributed by atoms with Gasteiger partial charge in [-0.25, -0.2) is 4.98 Å². The van der Waals surface area contributed by atoms with Crippen molar-refractivity contribution in [3.8, 4) is 0 Å². The van der Waals surface area contributed by atoms with Crippen molar-refractivity contribution in [1.82, 2.24) is 19.8 Å². The number of nitrogens with zero attached hydrogens (tertiary/aromatic N) is 4. The summed E-state index contributed by atoms with van der Waals surface area (Å²) >= 11 is 2.03. The summed E-state index contributed by atoms with van der Waals surface area (Å²) in [6.07, 6.45) is 3.34. The van der Waals surface area contributed by atoms with Crippen molar-refractivity contribution in [2.45, 2.75) is 62.0 Å². The van der Waals surface area contributed by atoms with Gasteiger partial charge in [0, 0.05) is 62.5 Å². The summed E-state index contributed by atoms with van der Waals surface area (Å²) in [4.78, 5) is 10.4. The zero-order chi connectivity index (χ0) is 21.8. The number of aliphatic hydroxyl groups is 1. The highest BCUT2D eigenvalue weighted by atomic mass is 127. The van der Waals surface area contributed by atoms with E-state index in [-0.39, 0.29) is 35.3 Å². The second kappa shape index (κ2) is 11.0. The summed E-state index contributed by atoms with van der Waals surface area (Å²) in [7, 11) is 1.45. The number of aromatic nitrogens is 2. The summed E-state index contributed by atoms with van der Waals surface area (Å²) in [6.45, 7) is 4.12. The molecule has 1 atom stereocenters. The quantitative estimate of drug-likeness (QED) is 0.317. The van der Waals surface area contributed by atoms with Gasteiger partial charge in [0.2, 0.25) is 5.60 Å². The lowest BCUT2D eigenvalue weighted by molar-refractivity contribution is -0.272. The number of hydrogen-bond donors (Lipinski definition) is 2. The van der Waals surface area contributed by atoms with Crippen molar-refractivity contribution in [2.24, 2.45) is 12.0 Å². The van der Waals surface area contributed by atoms with E-state index in [0.717, 1.165) is 18.8 Å². The first-order valence-electron chi connectivity index (χ1n) is 10.6. The van der Waals surface area contributed by atoms with Gasteiger partial charge in [0.25, 0.3) is 0 Å². The van der Waals surface area contributed by atoms with Crippen molar-refractivity contribution >= 4 is 41.7 Å². The number of aliphatic imine (C=N–C) groups is 1. The van der Waals surface area contributed by atoms with E-state index < -0.39 is 24.0 Å². The maximum atomic E-state index is 13.7. The Morgan fingerprint density at radius 3 is 2.61 bits per heavy atom. The van der Waals surface area contributed by atoms with Crippen molar-refractivity contribution in [1.29, 1.82) is 0 Å². The first kappa shape index (κ1) is 26.6. The number of thioether (sulfide) groups is 1. The monoisotopic (exact) mass is 575 g/mol. The van der Waals surface area contributed by atoms with Crippen molar-refractivity contribution in [3.05, 3.63) is 18.2 Å². The van der Waals surface area contributed by atoms with Crippen LogP contribution in [-0.2, 0) is 12.6 Å². The fourth-order valence-corrected chi connectivity index (χ4v) is 5.99. The number of halogens is 4. The SMILES string of the molecule is CCNC(=NCCC(O)(c1nccn1C)C(F)(F)F)N1CCSC2(CCCCC2)C1.I. The molecule has 1 aromatic heterocycles. The minimum atomic E-state index is -4.84. The van der Waals surface area contributed by atoms with Crippen molar-refractivity contribution in [2.75, 3.05) is 31.9 Å². The molecule has 0 bridgehead atoms. The Morgan fingerprint density at radius 2 is 2.03 bits per heavy atom. The van der Waals surface area contributed by atoms with Crippen LogP contribution in [0.15, 0.2) is 17.4 Å². The highest BCUT2D eigenvalue weighted by Crippen LogP contribution is 2.43. The van der Waals surface area contributed by atoms with E-state index in [0.29, 0.717) is 12.5 Å². The Morgan fingerprint density at radius 1 is 1.32 bits per heavy atom. The van der Waals surface area contributed by atoms with Crippen molar-refractivity contribution < 1.29 is 18.3 Å². The van der Waals surface area contributed by atoms with Gasteiger partial charge < -0.3 is 19.9 Å². The molecule has 2 heterocycles. The van der Waals surface area contributed by atoms with E-state index in [2.05, 4.69) is 20.2 Å². The molecule has 178 valence electrons. The molecule has 1 unspecified atom stereocenters. The second-order valence-electron chi connectivity index (χ2n) is 8.22. The minimum absolute atomic E-state index is 0. The van der Waals surface area contributed by atoms with Crippen molar-refractivity contribution in [3.63, 3.8) is 0 Å². The molecule has 31 heavy (non-hydrogen) atoms. The second-order valence-corrected chi connectivity index (χ2v) is 9.78. The number of hydrogen-bond acceptors (Lipinski definition) is 4. The first-order valence-corrected chi connectivity index (χ1v) is 11.6. The van der Waals surface area contributed by atoms with Gasteiger partial charge >= 0.3 is 6.18 Å². The topological polar surface area (TPSA) is 65.7 Å². The zero-order valence-corrected chi connectivity index (χ0v) is 21.3. The molecule has 1 saturated carbocycles. The van der Waals surface area contributed by atoms with Crippen LogP contribution in [0.25, 0.3) is 0 Å². The Balaban J connectivity index is 0.00000341. The van der Waals surface area contributed by atoms with Gasteiger partial charge in [0.1, 0.15) is 5.82 Å². The van der Waals surface area contributed by atoms with Crippen LogP contribution in [0.4, 0.5) is 13.2 Å². The van der Waals surface area contributed by atoms with Gasteiger partial charge in [-0.15, -0.1) is 24.0 Å². The normalized spacial score (nSPS) is 21.5. The van der Waals surface area contributed by atoms with E-state index in [1.54, 1.807) is 0 Å². The lowest BCUT2D eigenvalue weighted by atomic mass is 9.87. The Kier molecular flexibility index (Phi) is 9.39. The molecular weight excluding hydrogens is 542 g/mol. The summed E-state index contributed by atoms with van der Waals surface area (Å²) < 4.78 is 42.6. The average Bonchev–Trinajstić information content (AvgIpc) is 3.13. The number of nitrogens with one attached hydrogen (secondary N) is 1. The molecule has 6 nitrogen and oxygen atoms in total. The third-order valence-electron chi connectivity index (χ3n) is 6.04. The zero-order valence-electron chi connectivity index (χ0n) is 18.1. The molecule has 0 radical (unpaired) electrons. The molecule has 2 aliphatic rings. The summed E-state index contributed by atoms with van der Waals surface area (Å²) in [5.41, 5.74) is -3.03. The summed E-state index contributed by atoms with van der Waals surface area (Å²) in [5.74, 6) is 1.21. The van der Waals surface area contributed by atoms with Crippen LogP contribution in [0.2, 0.25) is 0 Å². The van der Waals surface area contributed by atoms with Crippen LogP contribution in [0.1, 0.15) is 51.3 Å². The molecule has 1 saturated heterocycles. The third kappa shape index (κ3) is 6.01. The standard InChI is InChI=1S/C20H32F3N5OS.HI/c1-3-24-17(28-13-14-30-18(15-28)7-5-4-6-8-18)26-10-9-19(29,20(21,22)23)16-25-11-12-27(16)2;/h11-12,29H,3-10,13-15H2,1-2H3,(H,24,26);1H. The van der Waals surface area contributed by atoms with Gasteiger partial charge in [-0.05, 0) is 19.8 Å². The molecular formula is C20H33F3IN5OS. The molecule has 1 aromatic rings. The third-order valence-corrected chi connectivity index (χ3v) is 7.58. The van der Waals surface area contributed by atoms with Crippen LogP contribution >= 0.6 is 35.7 Å². The molecule has 1 aliphatic carbocycles. The molecule has 1 aliphatic heterocycles. The smallest absolute Gasteiger partial charge is 0.374 e. The van der Waals surface area contributed by atoms with E-state index >= 15 is 0 Å². The predicted octanol–water partition coefficient (Wildman–Crippen LogP) is 3.90. The number of alkyl halides is 3. The van der Waals surface area contributed by atoms with E-state index in [4.69, 9.17) is 0 Å². The maximum Gasteiger partial charge on any atom is 0.424 e. The van der Waals surface area contributed by atoms with Crippen LogP contribution in [0, 0.1) is 0 Å². The van der Waals surface area contributed by atoms with Gasteiger partial charge in [0.15, 0.2) is 5.96 Å². The number of rotatable bonds is 5. The van der Waals surface area contributed by atoms with Crippen LogP contribution in [0.5, 0.6) is 0 Å². The molecule has 2 N–H and O–H groups in total. The number of aryl methyl sites for hydroxylation is 1. The van der Waals surface area contributed by atoms with Crippen LogP contribution in [-0.4, -0.2) is 68.4 Å². The Labute approximate surface area is 203 Å². The molecule has 2 fully saturated rings.